The summed E-state index contributed by atoms with van der Waals surface area (Å²) in [5, 5.41) is 2.61. The zero-order valence-corrected chi connectivity index (χ0v) is 8.87. The molecule has 0 radical (unpaired) electrons. The first-order chi connectivity index (χ1) is 7.06. The van der Waals surface area contributed by atoms with Gasteiger partial charge in [0, 0.05) is 31.2 Å². The van der Waals surface area contributed by atoms with Crippen LogP contribution in [-0.4, -0.2) is 35.7 Å². The molecule has 0 aromatic rings. The first-order valence-electron chi connectivity index (χ1n) is 4.87. The van der Waals surface area contributed by atoms with Gasteiger partial charge in [0.2, 0.25) is 5.91 Å². The van der Waals surface area contributed by atoms with Crippen molar-refractivity contribution < 1.29 is 14.4 Å². The van der Waals surface area contributed by atoms with Crippen LogP contribution in [0.4, 0.5) is 0 Å². The lowest BCUT2D eigenvalue weighted by Gasteiger charge is -2.13. The molecule has 5 heteroatoms. The van der Waals surface area contributed by atoms with Crippen LogP contribution < -0.4 is 5.32 Å². The Balaban J connectivity index is 2.44. The molecule has 1 aliphatic rings. The van der Waals surface area contributed by atoms with E-state index < -0.39 is 0 Å². The van der Waals surface area contributed by atoms with E-state index in [0.717, 1.165) is 4.90 Å². The zero-order chi connectivity index (χ0) is 11.4. The monoisotopic (exact) mass is 210 g/mol. The Hall–Kier alpha value is -1.65. The largest absolute Gasteiger partial charge is 0.356 e. The van der Waals surface area contributed by atoms with Gasteiger partial charge in [0.25, 0.3) is 11.8 Å². The molecule has 5 nitrogen and oxygen atoms in total. The van der Waals surface area contributed by atoms with Crippen LogP contribution in [0.5, 0.6) is 0 Å². The smallest absolute Gasteiger partial charge is 0.256 e. The molecule has 1 aliphatic heterocycles. The Bertz CT molecular complexity index is 334. The second-order valence-corrected chi connectivity index (χ2v) is 3.33. The fourth-order valence-electron chi connectivity index (χ4n) is 1.35. The van der Waals surface area contributed by atoms with Crippen molar-refractivity contribution in [3.8, 4) is 0 Å². The highest BCUT2D eigenvalue weighted by Crippen LogP contribution is 2.11. The molecule has 1 rings (SSSR count). The van der Waals surface area contributed by atoms with E-state index in [0.29, 0.717) is 12.1 Å². The number of amides is 3. The third-order valence-electron chi connectivity index (χ3n) is 2.12. The molecule has 0 aromatic heterocycles. The van der Waals surface area contributed by atoms with Crippen LogP contribution in [0.1, 0.15) is 20.3 Å². The van der Waals surface area contributed by atoms with E-state index in [1.807, 2.05) is 6.92 Å². The van der Waals surface area contributed by atoms with Crippen molar-refractivity contribution in [2.45, 2.75) is 20.3 Å². The Morgan fingerprint density at radius 2 is 2.13 bits per heavy atom. The molecule has 15 heavy (non-hydrogen) atoms. The van der Waals surface area contributed by atoms with E-state index >= 15 is 0 Å². The second kappa shape index (κ2) is 4.72. The minimum atomic E-state index is -0.332. The lowest BCUT2D eigenvalue weighted by atomic mass is 10.3. The summed E-state index contributed by atoms with van der Waals surface area (Å²) in [4.78, 5) is 34.9. The van der Waals surface area contributed by atoms with Crippen molar-refractivity contribution in [1.82, 2.24) is 10.2 Å². The highest BCUT2D eigenvalue weighted by Gasteiger charge is 2.28. The van der Waals surface area contributed by atoms with Crippen LogP contribution in [0, 0.1) is 0 Å². The summed E-state index contributed by atoms with van der Waals surface area (Å²) in [6.45, 7) is 4.11. The summed E-state index contributed by atoms with van der Waals surface area (Å²) < 4.78 is 0. The molecule has 0 saturated carbocycles. The maximum atomic E-state index is 11.4. The topological polar surface area (TPSA) is 66.5 Å². The molecular weight excluding hydrogens is 196 g/mol. The Labute approximate surface area is 88.1 Å². The maximum absolute atomic E-state index is 11.4. The first kappa shape index (κ1) is 11.4. The quantitative estimate of drug-likeness (QED) is 0.655. The number of rotatable bonds is 4. The number of carbonyl (C=O) groups excluding carboxylic acids is 3. The van der Waals surface area contributed by atoms with Gasteiger partial charge in [-0.3, -0.25) is 19.3 Å². The van der Waals surface area contributed by atoms with Gasteiger partial charge in [0.15, 0.2) is 0 Å². The van der Waals surface area contributed by atoms with Crippen molar-refractivity contribution in [3.05, 3.63) is 11.6 Å². The van der Waals surface area contributed by atoms with Crippen LogP contribution in [0.2, 0.25) is 0 Å². The normalized spacial score (nSPS) is 15.6. The Kier molecular flexibility index (Phi) is 3.60. The van der Waals surface area contributed by atoms with Gasteiger partial charge in [-0.25, -0.2) is 0 Å². The van der Waals surface area contributed by atoms with Crippen molar-refractivity contribution in [3.63, 3.8) is 0 Å². The summed E-state index contributed by atoms with van der Waals surface area (Å²) in [7, 11) is 0. The van der Waals surface area contributed by atoms with Gasteiger partial charge in [-0.2, -0.15) is 0 Å². The number of hydrogen-bond donors (Lipinski definition) is 1. The lowest BCUT2D eigenvalue weighted by molar-refractivity contribution is -0.137. The van der Waals surface area contributed by atoms with Crippen molar-refractivity contribution in [2.24, 2.45) is 0 Å². The number of carbonyl (C=O) groups is 3. The van der Waals surface area contributed by atoms with Crippen molar-refractivity contribution in [2.75, 3.05) is 13.1 Å². The average molecular weight is 210 g/mol. The highest BCUT2D eigenvalue weighted by atomic mass is 16.2. The lowest BCUT2D eigenvalue weighted by Crippen LogP contribution is -2.35. The summed E-state index contributed by atoms with van der Waals surface area (Å²) in [5.74, 6) is -0.784. The van der Waals surface area contributed by atoms with E-state index in [9.17, 15) is 14.4 Å². The highest BCUT2D eigenvalue weighted by molar-refractivity contribution is 6.15. The van der Waals surface area contributed by atoms with Gasteiger partial charge in [-0.05, 0) is 13.8 Å². The van der Waals surface area contributed by atoms with Gasteiger partial charge in [-0.15, -0.1) is 0 Å². The van der Waals surface area contributed by atoms with Gasteiger partial charge < -0.3 is 5.32 Å². The number of imide groups is 1. The number of nitrogens with one attached hydrogen (secondary N) is 1. The summed E-state index contributed by atoms with van der Waals surface area (Å²) in [6.07, 6.45) is 1.45. The van der Waals surface area contributed by atoms with E-state index in [2.05, 4.69) is 5.32 Å². The van der Waals surface area contributed by atoms with E-state index in [1.54, 1.807) is 6.92 Å². The molecule has 0 fully saturated rings. The molecule has 82 valence electrons. The van der Waals surface area contributed by atoms with Crippen LogP contribution in [0.25, 0.3) is 0 Å². The summed E-state index contributed by atoms with van der Waals surface area (Å²) >= 11 is 0. The van der Waals surface area contributed by atoms with Gasteiger partial charge in [0.05, 0.1) is 0 Å². The van der Waals surface area contributed by atoms with Gasteiger partial charge in [-0.1, -0.05) is 0 Å². The Morgan fingerprint density at radius 1 is 1.47 bits per heavy atom. The fourth-order valence-corrected chi connectivity index (χ4v) is 1.35. The minimum Gasteiger partial charge on any atom is -0.356 e. The minimum absolute atomic E-state index is 0.150. The molecule has 3 amide bonds. The molecule has 0 bridgehead atoms. The molecule has 0 atom stereocenters. The van der Waals surface area contributed by atoms with Crippen LogP contribution >= 0.6 is 0 Å². The average Bonchev–Trinajstić information content (AvgIpc) is 2.40. The molecular formula is C10H14N2O3. The summed E-state index contributed by atoms with van der Waals surface area (Å²) in [6, 6.07) is 0. The Morgan fingerprint density at radius 3 is 2.60 bits per heavy atom. The third-order valence-corrected chi connectivity index (χ3v) is 2.12. The zero-order valence-electron chi connectivity index (χ0n) is 8.87. The molecule has 0 aromatic carbocycles. The molecule has 0 saturated heterocycles. The third kappa shape index (κ3) is 2.65. The summed E-state index contributed by atoms with van der Waals surface area (Å²) in [5.41, 5.74) is 0.427. The van der Waals surface area contributed by atoms with E-state index in [1.165, 1.54) is 6.08 Å². The SMILES string of the molecule is CCNC(=O)CCN1C(=O)C=C(C)C1=O. The van der Waals surface area contributed by atoms with Gasteiger partial charge >= 0.3 is 0 Å². The molecule has 1 N–H and O–H groups in total. The van der Waals surface area contributed by atoms with Crippen LogP contribution in [0.3, 0.4) is 0 Å². The first-order valence-corrected chi connectivity index (χ1v) is 4.87. The molecule has 1 heterocycles. The van der Waals surface area contributed by atoms with Crippen LogP contribution in [-0.2, 0) is 14.4 Å². The maximum Gasteiger partial charge on any atom is 0.256 e. The van der Waals surface area contributed by atoms with Crippen LogP contribution in [0.15, 0.2) is 11.6 Å². The number of hydrogen-bond acceptors (Lipinski definition) is 3. The van der Waals surface area contributed by atoms with Gasteiger partial charge in [0.1, 0.15) is 0 Å². The number of nitrogens with zero attached hydrogens (tertiary/aromatic N) is 1. The molecule has 0 unspecified atom stereocenters. The van der Waals surface area contributed by atoms with Crippen molar-refractivity contribution >= 4 is 17.7 Å². The van der Waals surface area contributed by atoms with E-state index in [-0.39, 0.29) is 30.7 Å². The molecule has 0 spiro atoms. The predicted molar refractivity (Wildman–Crippen MR) is 53.8 cm³/mol. The standard InChI is InChI=1S/C10H14N2O3/c1-3-11-8(13)4-5-12-9(14)6-7(2)10(12)15/h6H,3-5H2,1-2H3,(H,11,13). The predicted octanol–water partition coefficient (Wildman–Crippen LogP) is -0.172. The molecule has 0 aliphatic carbocycles. The fraction of sp³-hybridized carbons (Fsp3) is 0.500. The second-order valence-electron chi connectivity index (χ2n) is 3.33. The van der Waals surface area contributed by atoms with Crippen molar-refractivity contribution in [1.29, 1.82) is 0 Å². The van der Waals surface area contributed by atoms with E-state index in [4.69, 9.17) is 0 Å².